The Morgan fingerprint density at radius 3 is 2.11 bits per heavy atom. The molecule has 0 aliphatic carbocycles. The Bertz CT molecular complexity index is 1420. The van der Waals surface area contributed by atoms with Crippen molar-refractivity contribution in [3.05, 3.63) is 94.9 Å². The van der Waals surface area contributed by atoms with Crippen LogP contribution in [0, 0.1) is 0 Å². The molecule has 35 heavy (non-hydrogen) atoms. The number of amides is 1. The van der Waals surface area contributed by atoms with Gasteiger partial charge in [0.1, 0.15) is 11.5 Å². The summed E-state index contributed by atoms with van der Waals surface area (Å²) in [5.41, 5.74) is 2.10. The van der Waals surface area contributed by atoms with Crippen LogP contribution < -0.4 is 19.9 Å². The first kappa shape index (κ1) is 22.5. The van der Waals surface area contributed by atoms with Crippen molar-refractivity contribution in [1.82, 2.24) is 9.47 Å². The van der Waals surface area contributed by atoms with E-state index in [-0.39, 0.29) is 11.5 Å². The molecular weight excluding hydrogens is 442 g/mol. The van der Waals surface area contributed by atoms with Crippen LogP contribution in [0.2, 0.25) is 0 Å². The third-order valence-corrected chi connectivity index (χ3v) is 6.49. The fourth-order valence-corrected chi connectivity index (χ4v) is 4.55. The second kappa shape index (κ2) is 9.54. The Kier molecular flexibility index (Phi) is 6.14. The van der Waals surface area contributed by atoms with E-state index in [1.54, 1.807) is 32.5 Å². The van der Waals surface area contributed by atoms with Gasteiger partial charge < -0.3 is 19.3 Å². The molecule has 3 aromatic carbocycles. The van der Waals surface area contributed by atoms with Crippen molar-refractivity contribution in [2.24, 2.45) is 0 Å². The molecule has 1 fully saturated rings. The summed E-state index contributed by atoms with van der Waals surface area (Å²) in [5.74, 6) is 1.39. The van der Waals surface area contributed by atoms with E-state index >= 15 is 0 Å². The van der Waals surface area contributed by atoms with Gasteiger partial charge >= 0.3 is 0 Å². The van der Waals surface area contributed by atoms with Crippen LogP contribution in [0.4, 0.5) is 5.69 Å². The van der Waals surface area contributed by atoms with Crippen molar-refractivity contribution < 1.29 is 14.3 Å². The number of ether oxygens (including phenoxy) is 2. The maximum atomic E-state index is 13.7. The van der Waals surface area contributed by atoms with Crippen LogP contribution >= 0.6 is 0 Å². The molecule has 1 saturated heterocycles. The average Bonchev–Trinajstić information content (AvgIpc) is 2.93. The predicted octanol–water partition coefficient (Wildman–Crippen LogP) is 3.97. The number of pyridine rings is 1. The first-order chi connectivity index (χ1) is 17.1. The fourth-order valence-electron chi connectivity index (χ4n) is 4.55. The lowest BCUT2D eigenvalue weighted by Crippen LogP contribution is -2.49. The third-order valence-electron chi connectivity index (χ3n) is 6.49. The summed E-state index contributed by atoms with van der Waals surface area (Å²) in [6, 6.07) is 22.5. The number of methoxy groups -OCH3 is 2. The summed E-state index contributed by atoms with van der Waals surface area (Å²) >= 11 is 0. The molecule has 1 aromatic heterocycles. The molecular formula is C28H27N3O4. The Morgan fingerprint density at radius 2 is 1.43 bits per heavy atom. The second-order valence-electron chi connectivity index (χ2n) is 8.44. The monoisotopic (exact) mass is 469 g/mol. The molecule has 0 bridgehead atoms. The zero-order valence-corrected chi connectivity index (χ0v) is 19.8. The topological polar surface area (TPSA) is 64.0 Å². The molecule has 0 saturated carbocycles. The summed E-state index contributed by atoms with van der Waals surface area (Å²) in [4.78, 5) is 31.1. The molecule has 7 nitrogen and oxygen atoms in total. The molecule has 178 valence electrons. The maximum absolute atomic E-state index is 13.7. The quantitative estimate of drug-likeness (QED) is 0.443. The number of carbonyl (C=O) groups is 1. The van der Waals surface area contributed by atoms with Crippen molar-refractivity contribution in [2.75, 3.05) is 45.3 Å². The Balaban J connectivity index is 1.45. The minimum absolute atomic E-state index is 0.0766. The summed E-state index contributed by atoms with van der Waals surface area (Å²) < 4.78 is 12.1. The number of nitrogens with zero attached hydrogens (tertiary/aromatic N) is 3. The van der Waals surface area contributed by atoms with Gasteiger partial charge in [-0.1, -0.05) is 24.3 Å². The van der Waals surface area contributed by atoms with Gasteiger partial charge in [0.05, 0.1) is 25.5 Å². The zero-order chi connectivity index (χ0) is 24.4. The smallest absolute Gasteiger partial charge is 0.262 e. The molecule has 7 heteroatoms. The molecule has 1 aliphatic heterocycles. The number of piperazine rings is 1. The van der Waals surface area contributed by atoms with Gasteiger partial charge in [0, 0.05) is 54.9 Å². The molecule has 1 aliphatic rings. The Morgan fingerprint density at radius 1 is 0.743 bits per heavy atom. The van der Waals surface area contributed by atoms with Gasteiger partial charge in [-0.3, -0.25) is 14.2 Å². The number of carbonyl (C=O) groups excluding carboxylic acids is 1. The molecule has 1 amide bonds. The van der Waals surface area contributed by atoms with E-state index in [1.165, 1.54) is 4.57 Å². The maximum Gasteiger partial charge on any atom is 0.262 e. The van der Waals surface area contributed by atoms with E-state index in [0.717, 1.165) is 24.5 Å². The van der Waals surface area contributed by atoms with Crippen molar-refractivity contribution in [1.29, 1.82) is 0 Å². The second-order valence-corrected chi connectivity index (χ2v) is 8.44. The van der Waals surface area contributed by atoms with Gasteiger partial charge in [-0.2, -0.15) is 0 Å². The minimum atomic E-state index is -0.172. The van der Waals surface area contributed by atoms with Crippen molar-refractivity contribution >= 4 is 22.4 Å². The number of aromatic nitrogens is 1. The highest BCUT2D eigenvalue weighted by atomic mass is 16.5. The first-order valence-corrected chi connectivity index (χ1v) is 11.6. The normalized spacial score (nSPS) is 13.7. The summed E-state index contributed by atoms with van der Waals surface area (Å²) in [7, 11) is 3.24. The summed E-state index contributed by atoms with van der Waals surface area (Å²) in [6.07, 6.45) is 1.66. The molecule has 0 spiro atoms. The highest BCUT2D eigenvalue weighted by Crippen LogP contribution is 2.24. The van der Waals surface area contributed by atoms with Crippen molar-refractivity contribution in [3.8, 4) is 17.2 Å². The number of hydrogen-bond acceptors (Lipinski definition) is 5. The molecule has 0 radical (unpaired) electrons. The van der Waals surface area contributed by atoms with Gasteiger partial charge in [0.15, 0.2) is 0 Å². The van der Waals surface area contributed by atoms with Crippen LogP contribution in [0.5, 0.6) is 11.5 Å². The predicted molar refractivity (Wildman–Crippen MR) is 137 cm³/mol. The van der Waals surface area contributed by atoms with E-state index in [9.17, 15) is 9.59 Å². The fraction of sp³-hybridized carbons (Fsp3) is 0.214. The molecule has 0 N–H and O–H groups in total. The third kappa shape index (κ3) is 4.33. The van der Waals surface area contributed by atoms with Crippen LogP contribution in [-0.4, -0.2) is 55.8 Å². The van der Waals surface area contributed by atoms with Gasteiger partial charge in [-0.15, -0.1) is 0 Å². The van der Waals surface area contributed by atoms with Gasteiger partial charge in [-0.05, 0) is 42.5 Å². The van der Waals surface area contributed by atoms with Crippen molar-refractivity contribution in [2.45, 2.75) is 0 Å². The lowest BCUT2D eigenvalue weighted by molar-refractivity contribution is 0.0748. The van der Waals surface area contributed by atoms with Gasteiger partial charge in [0.25, 0.3) is 11.5 Å². The number of anilines is 1. The largest absolute Gasteiger partial charge is 0.497 e. The van der Waals surface area contributed by atoms with E-state index < -0.39 is 0 Å². The van der Waals surface area contributed by atoms with E-state index in [0.29, 0.717) is 40.9 Å². The molecule has 0 atom stereocenters. The molecule has 0 unspecified atom stereocenters. The summed E-state index contributed by atoms with van der Waals surface area (Å²) in [6.45, 7) is 2.64. The SMILES string of the molecule is COc1ccc(N2CCN(C(=O)c3cn(-c4cccc(OC)c4)c(=O)c4ccccc34)CC2)cc1. The van der Waals surface area contributed by atoms with E-state index in [2.05, 4.69) is 4.90 Å². The lowest BCUT2D eigenvalue weighted by Gasteiger charge is -2.36. The number of hydrogen-bond donors (Lipinski definition) is 0. The minimum Gasteiger partial charge on any atom is -0.497 e. The van der Waals surface area contributed by atoms with Gasteiger partial charge in [0.2, 0.25) is 0 Å². The van der Waals surface area contributed by atoms with E-state index in [1.807, 2.05) is 65.6 Å². The lowest BCUT2D eigenvalue weighted by atomic mass is 10.1. The van der Waals surface area contributed by atoms with Crippen LogP contribution in [0.3, 0.4) is 0 Å². The van der Waals surface area contributed by atoms with Gasteiger partial charge in [-0.25, -0.2) is 0 Å². The Hall–Kier alpha value is -4.26. The van der Waals surface area contributed by atoms with Crippen molar-refractivity contribution in [3.63, 3.8) is 0 Å². The highest BCUT2D eigenvalue weighted by Gasteiger charge is 2.25. The Labute approximate surface area is 203 Å². The zero-order valence-electron chi connectivity index (χ0n) is 19.8. The summed E-state index contributed by atoms with van der Waals surface area (Å²) in [5, 5.41) is 1.18. The average molecular weight is 470 g/mol. The number of benzene rings is 3. The standard InChI is InChI=1S/C28H27N3O4/c1-34-22-12-10-20(11-13-22)29-14-16-30(17-15-29)27(32)26-19-31(21-6-5-7-23(18-21)35-2)28(33)25-9-4-3-8-24(25)26/h3-13,18-19H,14-17H2,1-2H3. The van der Waals surface area contributed by atoms with Crippen LogP contribution in [0.25, 0.3) is 16.5 Å². The number of fused-ring (bicyclic) bond motifs is 1. The van der Waals surface area contributed by atoms with E-state index in [4.69, 9.17) is 9.47 Å². The van der Waals surface area contributed by atoms with Crippen LogP contribution in [0.15, 0.2) is 83.8 Å². The number of rotatable bonds is 5. The van der Waals surface area contributed by atoms with Crippen LogP contribution in [-0.2, 0) is 0 Å². The van der Waals surface area contributed by atoms with Crippen LogP contribution in [0.1, 0.15) is 10.4 Å². The first-order valence-electron chi connectivity index (χ1n) is 11.6. The highest BCUT2D eigenvalue weighted by molar-refractivity contribution is 6.06. The molecule has 4 aromatic rings. The molecule has 2 heterocycles. The molecule has 5 rings (SSSR count).